The summed E-state index contributed by atoms with van der Waals surface area (Å²) in [6.07, 6.45) is 4.04. The lowest BCUT2D eigenvalue weighted by Gasteiger charge is -2.16. The van der Waals surface area contributed by atoms with E-state index >= 15 is 0 Å². The molecule has 1 aromatic heterocycles. The summed E-state index contributed by atoms with van der Waals surface area (Å²) >= 11 is 3.36. The summed E-state index contributed by atoms with van der Waals surface area (Å²) in [4.78, 5) is 7.30. The summed E-state index contributed by atoms with van der Waals surface area (Å²) in [6, 6.07) is 4.98. The third-order valence-electron chi connectivity index (χ3n) is 2.73. The lowest BCUT2D eigenvalue weighted by molar-refractivity contribution is 0.509. The second-order valence-electron chi connectivity index (χ2n) is 4.02. The highest BCUT2D eigenvalue weighted by Crippen LogP contribution is 2.21. The van der Waals surface area contributed by atoms with E-state index < -0.39 is 0 Å². The van der Waals surface area contributed by atoms with Crippen LogP contribution < -0.4 is 5.32 Å². The van der Waals surface area contributed by atoms with Gasteiger partial charge in [0, 0.05) is 16.9 Å². The molecule has 96 valence electrons. The summed E-state index contributed by atoms with van der Waals surface area (Å²) in [7, 11) is 0. The van der Waals surface area contributed by atoms with Crippen LogP contribution in [0.1, 0.15) is 24.4 Å². The Bertz CT molecular complexity index is 499. The highest BCUT2D eigenvalue weighted by Gasteiger charge is 2.15. The molecule has 1 unspecified atom stereocenters. The van der Waals surface area contributed by atoms with Crippen molar-refractivity contribution >= 4 is 15.9 Å². The Morgan fingerprint density at radius 1 is 1.50 bits per heavy atom. The van der Waals surface area contributed by atoms with Gasteiger partial charge in [0.15, 0.2) is 0 Å². The number of hydrogen-bond acceptors (Lipinski definition) is 2. The molecule has 2 rings (SSSR count). The molecule has 1 heterocycles. The van der Waals surface area contributed by atoms with Gasteiger partial charge in [-0.25, -0.2) is 9.37 Å². The van der Waals surface area contributed by atoms with Crippen LogP contribution in [0, 0.1) is 5.82 Å². The van der Waals surface area contributed by atoms with Gasteiger partial charge in [0.2, 0.25) is 0 Å². The zero-order valence-corrected chi connectivity index (χ0v) is 11.7. The average Bonchev–Trinajstić information content (AvgIpc) is 2.87. The molecule has 0 radical (unpaired) electrons. The number of aromatic amines is 1. The molecule has 1 atom stereocenters. The Labute approximate surface area is 114 Å². The molecule has 0 saturated heterocycles. The number of rotatable bonds is 5. The summed E-state index contributed by atoms with van der Waals surface area (Å²) in [5, 5.41) is 3.30. The zero-order valence-electron chi connectivity index (χ0n) is 10.1. The van der Waals surface area contributed by atoms with Gasteiger partial charge >= 0.3 is 0 Å². The van der Waals surface area contributed by atoms with Crippen LogP contribution in [0.4, 0.5) is 4.39 Å². The van der Waals surface area contributed by atoms with Gasteiger partial charge in [0.25, 0.3) is 0 Å². The molecule has 0 aliphatic heterocycles. The lowest BCUT2D eigenvalue weighted by Crippen LogP contribution is -2.24. The number of aromatic nitrogens is 2. The standard InChI is InChI=1S/C13H15BrFN3/c1-2-16-12(13-17-5-6-18-13)8-9-7-10(14)3-4-11(9)15/h3-7,12,16H,2,8H2,1H3,(H,17,18). The quantitative estimate of drug-likeness (QED) is 0.890. The highest BCUT2D eigenvalue weighted by molar-refractivity contribution is 9.10. The van der Waals surface area contributed by atoms with Crippen LogP contribution in [0.5, 0.6) is 0 Å². The number of hydrogen-bond donors (Lipinski definition) is 2. The monoisotopic (exact) mass is 311 g/mol. The number of nitrogens with zero attached hydrogens (tertiary/aromatic N) is 1. The maximum absolute atomic E-state index is 13.7. The Hall–Kier alpha value is -1.20. The second-order valence-corrected chi connectivity index (χ2v) is 4.94. The first kappa shape index (κ1) is 13.2. The normalized spacial score (nSPS) is 12.6. The van der Waals surface area contributed by atoms with Crippen molar-refractivity contribution in [2.45, 2.75) is 19.4 Å². The Kier molecular flexibility index (Phi) is 4.49. The molecule has 0 amide bonds. The molecule has 0 fully saturated rings. The topological polar surface area (TPSA) is 40.7 Å². The molecule has 0 spiro atoms. The minimum absolute atomic E-state index is 0.00574. The van der Waals surface area contributed by atoms with Crippen molar-refractivity contribution in [2.75, 3.05) is 6.54 Å². The first-order valence-electron chi connectivity index (χ1n) is 5.87. The number of benzene rings is 1. The average molecular weight is 312 g/mol. The summed E-state index contributed by atoms with van der Waals surface area (Å²) < 4.78 is 14.6. The van der Waals surface area contributed by atoms with Crippen molar-refractivity contribution in [1.29, 1.82) is 0 Å². The van der Waals surface area contributed by atoms with Crippen molar-refractivity contribution < 1.29 is 4.39 Å². The highest BCUT2D eigenvalue weighted by atomic mass is 79.9. The van der Waals surface area contributed by atoms with Gasteiger partial charge in [-0.1, -0.05) is 22.9 Å². The van der Waals surface area contributed by atoms with E-state index in [-0.39, 0.29) is 11.9 Å². The Morgan fingerprint density at radius 2 is 2.33 bits per heavy atom. The molecular formula is C13H15BrFN3. The molecule has 1 aromatic carbocycles. The van der Waals surface area contributed by atoms with Crippen LogP contribution in [0.2, 0.25) is 0 Å². The van der Waals surface area contributed by atoms with E-state index in [9.17, 15) is 4.39 Å². The van der Waals surface area contributed by atoms with Crippen LogP contribution in [-0.2, 0) is 6.42 Å². The fourth-order valence-electron chi connectivity index (χ4n) is 1.90. The van der Waals surface area contributed by atoms with Gasteiger partial charge in [-0.3, -0.25) is 0 Å². The summed E-state index contributed by atoms with van der Waals surface area (Å²) in [5.74, 6) is 0.642. The maximum Gasteiger partial charge on any atom is 0.126 e. The van der Waals surface area contributed by atoms with E-state index in [1.165, 1.54) is 6.07 Å². The van der Waals surface area contributed by atoms with Gasteiger partial charge < -0.3 is 10.3 Å². The van der Waals surface area contributed by atoms with E-state index in [4.69, 9.17) is 0 Å². The van der Waals surface area contributed by atoms with Crippen molar-refractivity contribution in [3.63, 3.8) is 0 Å². The first-order valence-corrected chi connectivity index (χ1v) is 6.66. The first-order chi connectivity index (χ1) is 8.70. The van der Waals surface area contributed by atoms with Gasteiger partial charge in [0.1, 0.15) is 11.6 Å². The smallest absolute Gasteiger partial charge is 0.126 e. The molecular weight excluding hydrogens is 297 g/mol. The number of nitrogens with one attached hydrogen (secondary N) is 2. The maximum atomic E-state index is 13.7. The minimum Gasteiger partial charge on any atom is -0.347 e. The van der Waals surface area contributed by atoms with Crippen molar-refractivity contribution in [2.24, 2.45) is 0 Å². The number of H-pyrrole nitrogens is 1. The van der Waals surface area contributed by atoms with Gasteiger partial charge in [-0.15, -0.1) is 0 Å². The van der Waals surface area contributed by atoms with Crippen LogP contribution >= 0.6 is 15.9 Å². The second kappa shape index (κ2) is 6.11. The van der Waals surface area contributed by atoms with E-state index in [1.54, 1.807) is 18.5 Å². The van der Waals surface area contributed by atoms with Crippen LogP contribution in [-0.4, -0.2) is 16.5 Å². The summed E-state index contributed by atoms with van der Waals surface area (Å²) in [5.41, 5.74) is 0.673. The molecule has 3 nitrogen and oxygen atoms in total. The molecule has 0 bridgehead atoms. The lowest BCUT2D eigenvalue weighted by atomic mass is 10.0. The zero-order chi connectivity index (χ0) is 13.0. The number of imidazole rings is 1. The minimum atomic E-state index is -0.187. The molecule has 5 heteroatoms. The van der Waals surface area contributed by atoms with Gasteiger partial charge in [-0.2, -0.15) is 0 Å². The van der Waals surface area contributed by atoms with Crippen molar-refractivity contribution in [1.82, 2.24) is 15.3 Å². The number of likely N-dealkylation sites (N-methyl/N-ethyl adjacent to an activating group) is 1. The third-order valence-corrected chi connectivity index (χ3v) is 3.23. The van der Waals surface area contributed by atoms with Crippen LogP contribution in [0.3, 0.4) is 0 Å². The van der Waals surface area contributed by atoms with Gasteiger partial charge in [0.05, 0.1) is 6.04 Å². The van der Waals surface area contributed by atoms with Crippen LogP contribution in [0.25, 0.3) is 0 Å². The van der Waals surface area contributed by atoms with E-state index in [2.05, 4.69) is 31.2 Å². The molecule has 0 aliphatic rings. The fourth-order valence-corrected chi connectivity index (χ4v) is 2.31. The predicted octanol–water partition coefficient (Wildman–Crippen LogP) is 3.20. The molecule has 0 saturated carbocycles. The third kappa shape index (κ3) is 3.17. The van der Waals surface area contributed by atoms with E-state index in [0.717, 1.165) is 16.8 Å². The van der Waals surface area contributed by atoms with Crippen molar-refractivity contribution in [3.05, 3.63) is 52.3 Å². The molecule has 2 N–H and O–H groups in total. The molecule has 18 heavy (non-hydrogen) atoms. The van der Waals surface area contributed by atoms with E-state index in [1.807, 2.05) is 13.0 Å². The predicted molar refractivity (Wildman–Crippen MR) is 72.8 cm³/mol. The van der Waals surface area contributed by atoms with Gasteiger partial charge in [-0.05, 0) is 36.7 Å². The molecule has 2 aromatic rings. The fraction of sp³-hybridized carbons (Fsp3) is 0.308. The van der Waals surface area contributed by atoms with Crippen molar-refractivity contribution in [3.8, 4) is 0 Å². The Balaban J connectivity index is 2.21. The SMILES string of the molecule is CCNC(Cc1cc(Br)ccc1F)c1ncc[nH]1. The number of halogens is 2. The Morgan fingerprint density at radius 3 is 3.00 bits per heavy atom. The largest absolute Gasteiger partial charge is 0.347 e. The molecule has 0 aliphatic carbocycles. The van der Waals surface area contributed by atoms with E-state index in [0.29, 0.717) is 12.0 Å². The van der Waals surface area contributed by atoms with Crippen LogP contribution in [0.15, 0.2) is 35.1 Å². The summed E-state index contributed by atoms with van der Waals surface area (Å²) in [6.45, 7) is 2.83.